The number of benzene rings is 1. The van der Waals surface area contributed by atoms with Crippen molar-refractivity contribution in [2.45, 2.75) is 57.0 Å². The van der Waals surface area contributed by atoms with Gasteiger partial charge in [0.1, 0.15) is 0 Å². The van der Waals surface area contributed by atoms with Crippen molar-refractivity contribution in [2.75, 3.05) is 13.1 Å². The zero-order valence-corrected chi connectivity index (χ0v) is 15.9. The Morgan fingerprint density at radius 2 is 1.84 bits per heavy atom. The third kappa shape index (κ3) is 5.03. The van der Waals surface area contributed by atoms with E-state index in [1.165, 1.54) is 4.31 Å². The molecular formula is C18H29N3O3S. The Morgan fingerprint density at radius 3 is 2.40 bits per heavy atom. The Labute approximate surface area is 150 Å². The fourth-order valence-corrected chi connectivity index (χ4v) is 4.75. The Hall–Kier alpha value is -1.44. The second-order valence-electron chi connectivity index (χ2n) is 6.57. The smallest absolute Gasteiger partial charge is 0.243 e. The minimum Gasteiger partial charge on any atom is -0.352 e. The van der Waals surface area contributed by atoms with Crippen molar-refractivity contribution in [3.05, 3.63) is 29.8 Å². The third-order valence-corrected chi connectivity index (χ3v) is 6.88. The first-order chi connectivity index (χ1) is 11.9. The first kappa shape index (κ1) is 19.9. The van der Waals surface area contributed by atoms with Gasteiger partial charge in [0.05, 0.1) is 4.90 Å². The van der Waals surface area contributed by atoms with Crippen LogP contribution in [0, 0.1) is 5.92 Å². The summed E-state index contributed by atoms with van der Waals surface area (Å²) in [5, 5.41) is 2.94. The summed E-state index contributed by atoms with van der Waals surface area (Å²) in [6.45, 7) is 4.93. The summed E-state index contributed by atoms with van der Waals surface area (Å²) in [4.78, 5) is 12.5. The average Bonchev–Trinajstić information content (AvgIpc) is 2.61. The lowest BCUT2D eigenvalue weighted by Crippen LogP contribution is -2.37. The van der Waals surface area contributed by atoms with Gasteiger partial charge in [-0.3, -0.25) is 4.79 Å². The average molecular weight is 368 g/mol. The highest BCUT2D eigenvalue weighted by molar-refractivity contribution is 7.89. The predicted octanol–water partition coefficient (Wildman–Crippen LogP) is 1.85. The Bertz CT molecular complexity index is 669. The van der Waals surface area contributed by atoms with Crippen molar-refractivity contribution in [1.29, 1.82) is 0 Å². The van der Waals surface area contributed by atoms with E-state index in [0.717, 1.165) is 31.2 Å². The maximum Gasteiger partial charge on any atom is 0.243 e. The van der Waals surface area contributed by atoms with Crippen molar-refractivity contribution in [3.8, 4) is 0 Å². The topological polar surface area (TPSA) is 92.5 Å². The summed E-state index contributed by atoms with van der Waals surface area (Å²) in [7, 11) is -3.44. The molecule has 2 unspecified atom stereocenters. The molecule has 1 amide bonds. The van der Waals surface area contributed by atoms with Crippen LogP contribution in [-0.2, 0) is 21.4 Å². The summed E-state index contributed by atoms with van der Waals surface area (Å²) in [5.74, 6) is 0.0288. The molecule has 1 aromatic rings. The maximum absolute atomic E-state index is 12.5. The van der Waals surface area contributed by atoms with Gasteiger partial charge in [-0.15, -0.1) is 0 Å². The van der Waals surface area contributed by atoms with Gasteiger partial charge in [-0.25, -0.2) is 8.42 Å². The predicted molar refractivity (Wildman–Crippen MR) is 98.3 cm³/mol. The Balaban J connectivity index is 1.95. The molecule has 0 heterocycles. The lowest BCUT2D eigenvalue weighted by atomic mass is 9.85. The SMILES string of the molecule is CCN(CC)S(=O)(=O)c1ccc(CNC(=O)C2CCCC(N)C2)cc1. The van der Waals surface area contributed by atoms with Crippen LogP contribution in [0.3, 0.4) is 0 Å². The fraction of sp³-hybridized carbons (Fsp3) is 0.611. The molecule has 1 saturated carbocycles. The van der Waals surface area contributed by atoms with E-state index >= 15 is 0 Å². The molecule has 1 aliphatic rings. The molecule has 0 saturated heterocycles. The minimum atomic E-state index is -3.44. The number of nitrogens with zero attached hydrogens (tertiary/aromatic N) is 1. The first-order valence-corrected chi connectivity index (χ1v) is 10.4. The summed E-state index contributed by atoms with van der Waals surface area (Å²) in [5.41, 5.74) is 6.82. The highest BCUT2D eigenvalue weighted by Crippen LogP contribution is 2.23. The third-order valence-electron chi connectivity index (χ3n) is 4.82. The normalized spacial score (nSPS) is 21.3. The molecular weight excluding hydrogens is 338 g/mol. The van der Waals surface area contributed by atoms with Crippen LogP contribution in [0.4, 0.5) is 0 Å². The number of carbonyl (C=O) groups excluding carboxylic acids is 1. The molecule has 140 valence electrons. The first-order valence-electron chi connectivity index (χ1n) is 9.00. The summed E-state index contributed by atoms with van der Waals surface area (Å²) in [6.07, 6.45) is 3.62. The highest BCUT2D eigenvalue weighted by Gasteiger charge is 2.25. The van der Waals surface area contributed by atoms with Crippen molar-refractivity contribution in [2.24, 2.45) is 11.7 Å². The number of rotatable bonds is 7. The van der Waals surface area contributed by atoms with E-state index in [4.69, 9.17) is 5.73 Å². The van der Waals surface area contributed by atoms with E-state index in [9.17, 15) is 13.2 Å². The lowest BCUT2D eigenvalue weighted by Gasteiger charge is -2.25. The van der Waals surface area contributed by atoms with Gasteiger partial charge in [0.15, 0.2) is 0 Å². The molecule has 1 aromatic carbocycles. The van der Waals surface area contributed by atoms with E-state index in [2.05, 4.69) is 5.32 Å². The van der Waals surface area contributed by atoms with Crippen LogP contribution >= 0.6 is 0 Å². The number of sulfonamides is 1. The zero-order chi connectivity index (χ0) is 18.4. The molecule has 0 radical (unpaired) electrons. The number of hydrogen-bond acceptors (Lipinski definition) is 4. The largest absolute Gasteiger partial charge is 0.352 e. The van der Waals surface area contributed by atoms with Crippen molar-refractivity contribution in [1.82, 2.24) is 9.62 Å². The standard InChI is InChI=1S/C18H29N3O3S/c1-3-21(4-2)25(23,24)17-10-8-14(9-11-17)13-20-18(22)15-6-5-7-16(19)12-15/h8-11,15-16H,3-7,12-13,19H2,1-2H3,(H,20,22). The molecule has 0 aliphatic heterocycles. The molecule has 1 fully saturated rings. The van der Waals surface area contributed by atoms with E-state index in [0.29, 0.717) is 19.6 Å². The number of hydrogen-bond donors (Lipinski definition) is 2. The molecule has 0 bridgehead atoms. The van der Waals surface area contributed by atoms with Gasteiger partial charge in [0, 0.05) is 31.6 Å². The van der Waals surface area contributed by atoms with Gasteiger partial charge in [0.25, 0.3) is 0 Å². The quantitative estimate of drug-likeness (QED) is 0.769. The van der Waals surface area contributed by atoms with Crippen LogP contribution in [-0.4, -0.2) is 37.8 Å². The zero-order valence-electron chi connectivity index (χ0n) is 15.1. The Morgan fingerprint density at radius 1 is 1.20 bits per heavy atom. The maximum atomic E-state index is 12.5. The second kappa shape index (κ2) is 8.78. The van der Waals surface area contributed by atoms with Gasteiger partial charge < -0.3 is 11.1 Å². The summed E-state index contributed by atoms with van der Waals surface area (Å²) in [6, 6.07) is 6.83. The second-order valence-corrected chi connectivity index (χ2v) is 8.51. The number of nitrogens with two attached hydrogens (primary N) is 1. The van der Waals surface area contributed by atoms with Crippen molar-refractivity contribution >= 4 is 15.9 Å². The minimum absolute atomic E-state index is 0.00827. The molecule has 0 aromatic heterocycles. The summed E-state index contributed by atoms with van der Waals surface area (Å²) >= 11 is 0. The molecule has 2 atom stereocenters. The van der Waals surface area contributed by atoms with Crippen LogP contribution in [0.5, 0.6) is 0 Å². The van der Waals surface area contributed by atoms with Crippen LogP contribution in [0.1, 0.15) is 45.1 Å². The molecule has 3 N–H and O–H groups in total. The van der Waals surface area contributed by atoms with Crippen LogP contribution in [0.15, 0.2) is 29.2 Å². The number of carbonyl (C=O) groups is 1. The molecule has 1 aliphatic carbocycles. The molecule has 2 rings (SSSR count). The van der Waals surface area contributed by atoms with Crippen LogP contribution < -0.4 is 11.1 Å². The fourth-order valence-electron chi connectivity index (χ4n) is 3.29. The van der Waals surface area contributed by atoms with Gasteiger partial charge >= 0.3 is 0 Å². The van der Waals surface area contributed by atoms with E-state index in [-0.39, 0.29) is 22.8 Å². The monoisotopic (exact) mass is 367 g/mol. The van der Waals surface area contributed by atoms with Gasteiger partial charge in [-0.2, -0.15) is 4.31 Å². The molecule has 25 heavy (non-hydrogen) atoms. The van der Waals surface area contributed by atoms with E-state index < -0.39 is 10.0 Å². The van der Waals surface area contributed by atoms with E-state index in [1.807, 2.05) is 13.8 Å². The van der Waals surface area contributed by atoms with Crippen molar-refractivity contribution in [3.63, 3.8) is 0 Å². The van der Waals surface area contributed by atoms with Crippen LogP contribution in [0.2, 0.25) is 0 Å². The molecule has 6 nitrogen and oxygen atoms in total. The Kier molecular flexibility index (Phi) is 6.98. The van der Waals surface area contributed by atoms with Gasteiger partial charge in [-0.05, 0) is 37.0 Å². The summed E-state index contributed by atoms with van der Waals surface area (Å²) < 4.78 is 26.3. The van der Waals surface area contributed by atoms with Gasteiger partial charge in [0.2, 0.25) is 15.9 Å². The highest BCUT2D eigenvalue weighted by atomic mass is 32.2. The number of amides is 1. The van der Waals surface area contributed by atoms with Crippen molar-refractivity contribution < 1.29 is 13.2 Å². The molecule has 0 spiro atoms. The van der Waals surface area contributed by atoms with Gasteiger partial charge in [-0.1, -0.05) is 32.4 Å². The molecule has 7 heteroatoms. The van der Waals surface area contributed by atoms with E-state index in [1.54, 1.807) is 24.3 Å². The van der Waals surface area contributed by atoms with Crippen LogP contribution in [0.25, 0.3) is 0 Å². The number of nitrogens with one attached hydrogen (secondary N) is 1. The lowest BCUT2D eigenvalue weighted by molar-refractivity contribution is -0.126.